The minimum absolute atomic E-state index is 0.118. The highest BCUT2D eigenvalue weighted by Gasteiger charge is 2.24. The fraction of sp³-hybridized carbons (Fsp3) is 0.357. The topological polar surface area (TPSA) is 75.1 Å². The van der Waals surface area contributed by atoms with Crippen LogP contribution in [-0.2, 0) is 0 Å². The molecule has 5 nitrogen and oxygen atoms in total. The first-order valence-corrected chi connectivity index (χ1v) is 6.25. The van der Waals surface area contributed by atoms with Gasteiger partial charge in [0.25, 0.3) is 0 Å². The first kappa shape index (κ1) is 13.3. The third kappa shape index (κ3) is 3.64. The summed E-state index contributed by atoms with van der Waals surface area (Å²) >= 11 is 0. The number of anilines is 1. The van der Waals surface area contributed by atoms with Gasteiger partial charge in [0.1, 0.15) is 0 Å². The molecule has 0 amide bonds. The molecule has 1 aromatic rings. The molecular formula is C14H19N5. The van der Waals surface area contributed by atoms with Crippen LogP contribution in [0, 0.1) is 5.41 Å². The van der Waals surface area contributed by atoms with Gasteiger partial charge in [0.2, 0.25) is 0 Å². The van der Waals surface area contributed by atoms with E-state index in [1.54, 1.807) is 0 Å². The van der Waals surface area contributed by atoms with Crippen LogP contribution in [0.3, 0.4) is 0 Å². The van der Waals surface area contributed by atoms with E-state index in [1.807, 2.05) is 30.3 Å². The Morgan fingerprint density at radius 1 is 1.16 bits per heavy atom. The smallest absolute Gasteiger partial charge is 0.175 e. The second-order valence-electron chi connectivity index (χ2n) is 5.71. The predicted molar refractivity (Wildman–Crippen MR) is 80.6 cm³/mol. The highest BCUT2D eigenvalue weighted by molar-refractivity contribution is 6.69. The quantitative estimate of drug-likeness (QED) is 0.817. The summed E-state index contributed by atoms with van der Waals surface area (Å²) in [6.07, 6.45) is 0.784. The lowest BCUT2D eigenvalue weighted by Gasteiger charge is -2.17. The fourth-order valence-electron chi connectivity index (χ4n) is 1.73. The molecule has 0 saturated heterocycles. The molecule has 2 rings (SSSR count). The maximum atomic E-state index is 5.82. The molecule has 0 aromatic heterocycles. The van der Waals surface area contributed by atoms with Gasteiger partial charge < -0.3 is 5.73 Å². The highest BCUT2D eigenvalue weighted by atomic mass is 15.3. The lowest BCUT2D eigenvalue weighted by molar-refractivity contribution is 0.435. The molecule has 0 unspecified atom stereocenters. The number of nitrogens with two attached hydrogens (primary N) is 1. The Morgan fingerprint density at radius 2 is 1.84 bits per heavy atom. The Labute approximate surface area is 113 Å². The third-order valence-corrected chi connectivity index (χ3v) is 2.56. The number of hydrazone groups is 1. The predicted octanol–water partition coefficient (Wildman–Crippen LogP) is 2.62. The van der Waals surface area contributed by atoms with E-state index in [1.165, 1.54) is 0 Å². The molecule has 5 heteroatoms. The Morgan fingerprint density at radius 3 is 2.47 bits per heavy atom. The molecule has 0 bridgehead atoms. The summed E-state index contributed by atoms with van der Waals surface area (Å²) in [6.45, 7) is 6.44. The molecule has 0 saturated carbocycles. The van der Waals surface area contributed by atoms with E-state index in [-0.39, 0.29) is 5.41 Å². The van der Waals surface area contributed by atoms with Crippen LogP contribution in [0.1, 0.15) is 27.2 Å². The highest BCUT2D eigenvalue weighted by Crippen LogP contribution is 2.21. The van der Waals surface area contributed by atoms with Gasteiger partial charge in [-0.05, 0) is 24.0 Å². The lowest BCUT2D eigenvalue weighted by atomic mass is 9.88. The van der Waals surface area contributed by atoms with Crippen LogP contribution in [0.5, 0.6) is 0 Å². The van der Waals surface area contributed by atoms with Gasteiger partial charge in [-0.3, -0.25) is 5.43 Å². The van der Waals surface area contributed by atoms with Crippen LogP contribution in [0.25, 0.3) is 0 Å². The Balaban J connectivity index is 2.13. The SMILES string of the molecule is CC(C)(C)CC1=NN=C(N)/C1=N/Nc1ccccc1. The molecule has 0 spiro atoms. The second kappa shape index (κ2) is 5.22. The average molecular weight is 257 g/mol. The summed E-state index contributed by atoms with van der Waals surface area (Å²) in [5.74, 6) is 0.364. The van der Waals surface area contributed by atoms with E-state index in [4.69, 9.17) is 5.73 Å². The van der Waals surface area contributed by atoms with Gasteiger partial charge in [0.05, 0.1) is 11.4 Å². The number of amidine groups is 1. The summed E-state index contributed by atoms with van der Waals surface area (Å²) in [6, 6.07) is 9.72. The summed E-state index contributed by atoms with van der Waals surface area (Å²) in [4.78, 5) is 0. The van der Waals surface area contributed by atoms with Crippen molar-refractivity contribution in [2.24, 2.45) is 26.5 Å². The number of benzene rings is 1. The fourth-order valence-corrected chi connectivity index (χ4v) is 1.73. The second-order valence-corrected chi connectivity index (χ2v) is 5.71. The normalized spacial score (nSPS) is 17.3. The molecule has 0 aliphatic carbocycles. The standard InChI is InChI=1S/C14H19N5/c1-14(2,3)9-11-12(13(15)19-17-11)18-16-10-7-5-4-6-8-10/h4-8,16H,9H2,1-3H3,(H2,15,18,19). The molecule has 100 valence electrons. The van der Waals surface area contributed by atoms with E-state index in [0.717, 1.165) is 17.8 Å². The van der Waals surface area contributed by atoms with E-state index >= 15 is 0 Å². The van der Waals surface area contributed by atoms with Crippen molar-refractivity contribution in [1.82, 2.24) is 0 Å². The molecular weight excluding hydrogens is 238 g/mol. The van der Waals surface area contributed by atoms with Crippen LogP contribution in [0.15, 0.2) is 45.6 Å². The molecule has 0 radical (unpaired) electrons. The van der Waals surface area contributed by atoms with Gasteiger partial charge in [0.15, 0.2) is 11.5 Å². The number of hydrogen-bond acceptors (Lipinski definition) is 5. The summed E-state index contributed by atoms with van der Waals surface area (Å²) in [5.41, 5.74) is 11.3. The Bertz CT molecular complexity index is 535. The Hall–Kier alpha value is -2.17. The van der Waals surface area contributed by atoms with Crippen molar-refractivity contribution in [2.45, 2.75) is 27.2 Å². The van der Waals surface area contributed by atoms with Gasteiger partial charge in [0, 0.05) is 0 Å². The van der Waals surface area contributed by atoms with Crippen LogP contribution in [0.2, 0.25) is 0 Å². The van der Waals surface area contributed by atoms with Crippen molar-refractivity contribution >= 4 is 22.9 Å². The largest absolute Gasteiger partial charge is 0.380 e. The first-order valence-electron chi connectivity index (χ1n) is 6.25. The van der Waals surface area contributed by atoms with E-state index in [0.29, 0.717) is 11.5 Å². The van der Waals surface area contributed by atoms with E-state index in [9.17, 15) is 0 Å². The molecule has 1 aromatic carbocycles. The van der Waals surface area contributed by atoms with Crippen molar-refractivity contribution in [1.29, 1.82) is 0 Å². The van der Waals surface area contributed by atoms with Crippen molar-refractivity contribution in [3.63, 3.8) is 0 Å². The summed E-state index contributed by atoms with van der Waals surface area (Å²) in [7, 11) is 0. The lowest BCUT2D eigenvalue weighted by Crippen LogP contribution is -2.30. The van der Waals surface area contributed by atoms with Crippen LogP contribution < -0.4 is 11.2 Å². The van der Waals surface area contributed by atoms with Crippen molar-refractivity contribution in [3.8, 4) is 0 Å². The summed E-state index contributed by atoms with van der Waals surface area (Å²) in [5, 5.41) is 12.3. The number of para-hydroxylation sites is 1. The van der Waals surface area contributed by atoms with E-state index in [2.05, 4.69) is 41.5 Å². The zero-order valence-corrected chi connectivity index (χ0v) is 11.5. The van der Waals surface area contributed by atoms with Crippen LogP contribution in [-0.4, -0.2) is 17.3 Å². The monoisotopic (exact) mass is 257 g/mol. The van der Waals surface area contributed by atoms with Gasteiger partial charge in [-0.1, -0.05) is 39.0 Å². The van der Waals surface area contributed by atoms with Crippen molar-refractivity contribution in [3.05, 3.63) is 30.3 Å². The minimum Gasteiger partial charge on any atom is -0.380 e. The maximum absolute atomic E-state index is 5.82. The molecule has 0 atom stereocenters. The average Bonchev–Trinajstić information content (AvgIpc) is 2.67. The van der Waals surface area contributed by atoms with Gasteiger partial charge >= 0.3 is 0 Å². The molecule has 1 aliphatic heterocycles. The Kier molecular flexibility index (Phi) is 3.64. The van der Waals surface area contributed by atoms with E-state index < -0.39 is 0 Å². The number of nitrogens with zero attached hydrogens (tertiary/aromatic N) is 3. The molecule has 19 heavy (non-hydrogen) atoms. The number of rotatable bonds is 3. The molecule has 0 fully saturated rings. The molecule has 3 N–H and O–H groups in total. The third-order valence-electron chi connectivity index (χ3n) is 2.56. The van der Waals surface area contributed by atoms with Crippen molar-refractivity contribution < 1.29 is 0 Å². The van der Waals surface area contributed by atoms with Gasteiger partial charge in [-0.2, -0.15) is 10.2 Å². The van der Waals surface area contributed by atoms with Gasteiger partial charge in [-0.25, -0.2) is 0 Å². The zero-order chi connectivity index (χ0) is 13.9. The van der Waals surface area contributed by atoms with Crippen molar-refractivity contribution in [2.75, 3.05) is 5.43 Å². The molecule has 1 heterocycles. The van der Waals surface area contributed by atoms with Crippen LogP contribution >= 0.6 is 0 Å². The van der Waals surface area contributed by atoms with Gasteiger partial charge in [-0.15, -0.1) is 5.10 Å². The molecule has 1 aliphatic rings. The summed E-state index contributed by atoms with van der Waals surface area (Å²) < 4.78 is 0. The zero-order valence-electron chi connectivity index (χ0n) is 11.5. The minimum atomic E-state index is 0.118. The first-order chi connectivity index (χ1) is 8.96. The maximum Gasteiger partial charge on any atom is 0.175 e. The number of hydrogen-bond donors (Lipinski definition) is 2. The van der Waals surface area contributed by atoms with Crippen LogP contribution in [0.4, 0.5) is 5.69 Å². The number of nitrogens with one attached hydrogen (secondary N) is 1.